The van der Waals surface area contributed by atoms with E-state index in [1.807, 2.05) is 25.1 Å². The maximum absolute atomic E-state index is 6.37. The first kappa shape index (κ1) is 22.2. The van der Waals surface area contributed by atoms with Gasteiger partial charge in [0.15, 0.2) is 0 Å². The van der Waals surface area contributed by atoms with Crippen molar-refractivity contribution in [1.82, 2.24) is 35.1 Å². The Morgan fingerprint density at radius 1 is 1.09 bits per heavy atom. The first-order chi connectivity index (χ1) is 16.5. The van der Waals surface area contributed by atoms with Crippen molar-refractivity contribution in [3.05, 3.63) is 71.3 Å². The van der Waals surface area contributed by atoms with Gasteiger partial charge in [0.25, 0.3) is 0 Å². The quantitative estimate of drug-likeness (QED) is 0.428. The van der Waals surface area contributed by atoms with Crippen LogP contribution in [0.2, 0.25) is 5.02 Å². The Balaban J connectivity index is 1.28. The van der Waals surface area contributed by atoms with Gasteiger partial charge in [0.1, 0.15) is 18.2 Å². The lowest BCUT2D eigenvalue weighted by Crippen LogP contribution is -2.26. The summed E-state index contributed by atoms with van der Waals surface area (Å²) in [5.41, 5.74) is 5.52. The van der Waals surface area contributed by atoms with E-state index in [2.05, 4.69) is 61.0 Å². The smallest absolute Gasteiger partial charge is 0.227 e. The Labute approximate surface area is 202 Å². The molecule has 1 aliphatic heterocycles. The second-order valence-corrected chi connectivity index (χ2v) is 8.90. The molecule has 0 fully saturated rings. The number of benzene rings is 2. The highest BCUT2D eigenvalue weighted by molar-refractivity contribution is 6.32. The van der Waals surface area contributed by atoms with E-state index in [4.69, 9.17) is 16.3 Å². The lowest BCUT2D eigenvalue weighted by Gasteiger charge is -2.25. The molecule has 34 heavy (non-hydrogen) atoms. The van der Waals surface area contributed by atoms with Crippen LogP contribution < -0.4 is 10.1 Å². The largest absolute Gasteiger partial charge is 0.487 e. The molecule has 0 amide bonds. The summed E-state index contributed by atoms with van der Waals surface area (Å²) in [5, 5.41) is 15.0. The molecular formula is C24H25ClN8O. The molecular weight excluding hydrogens is 452 g/mol. The zero-order chi connectivity index (χ0) is 23.5. The van der Waals surface area contributed by atoms with Crippen LogP contribution in [0.4, 0.5) is 11.6 Å². The molecule has 0 aliphatic carbocycles. The van der Waals surface area contributed by atoms with Crippen molar-refractivity contribution in [2.24, 2.45) is 0 Å². The zero-order valence-electron chi connectivity index (χ0n) is 19.0. The third-order valence-electron chi connectivity index (χ3n) is 5.75. The predicted molar refractivity (Wildman–Crippen MR) is 130 cm³/mol. The second kappa shape index (κ2) is 9.74. The Hall–Kier alpha value is -3.56. The molecule has 2 aromatic carbocycles. The Kier molecular flexibility index (Phi) is 6.37. The van der Waals surface area contributed by atoms with Crippen LogP contribution in [0, 0.1) is 0 Å². The van der Waals surface area contributed by atoms with Crippen molar-refractivity contribution in [3.8, 4) is 16.9 Å². The molecule has 4 aromatic rings. The third kappa shape index (κ3) is 5.16. The van der Waals surface area contributed by atoms with Crippen molar-refractivity contribution >= 4 is 23.2 Å². The maximum Gasteiger partial charge on any atom is 0.227 e. The minimum Gasteiger partial charge on any atom is -0.487 e. The molecule has 1 unspecified atom stereocenters. The summed E-state index contributed by atoms with van der Waals surface area (Å²) in [7, 11) is 2.15. The minimum atomic E-state index is -0.171. The molecule has 0 radical (unpaired) electrons. The normalized spacial score (nSPS) is 14.4. The summed E-state index contributed by atoms with van der Waals surface area (Å²) in [6.07, 6.45) is 6.04. The van der Waals surface area contributed by atoms with Crippen LogP contribution in [-0.4, -0.2) is 54.8 Å². The average Bonchev–Trinajstić information content (AvgIpc) is 3.34. The number of nitrogens with one attached hydrogen (secondary N) is 1. The zero-order valence-corrected chi connectivity index (χ0v) is 19.8. The highest BCUT2D eigenvalue weighted by Crippen LogP contribution is 2.31. The van der Waals surface area contributed by atoms with Crippen molar-refractivity contribution in [1.29, 1.82) is 0 Å². The van der Waals surface area contributed by atoms with Gasteiger partial charge in [-0.2, -0.15) is 0 Å². The van der Waals surface area contributed by atoms with E-state index in [9.17, 15) is 0 Å². The van der Waals surface area contributed by atoms with E-state index in [1.54, 1.807) is 23.4 Å². The lowest BCUT2D eigenvalue weighted by atomic mass is 9.99. The van der Waals surface area contributed by atoms with Crippen molar-refractivity contribution in [2.45, 2.75) is 32.5 Å². The second-order valence-electron chi connectivity index (χ2n) is 8.50. The molecule has 5 rings (SSSR count). The van der Waals surface area contributed by atoms with Crippen LogP contribution in [0.5, 0.6) is 5.75 Å². The van der Waals surface area contributed by atoms with Crippen LogP contribution >= 0.6 is 11.6 Å². The van der Waals surface area contributed by atoms with Gasteiger partial charge in [-0.15, -0.1) is 5.10 Å². The Morgan fingerprint density at radius 2 is 1.94 bits per heavy atom. The Morgan fingerprint density at radius 3 is 2.74 bits per heavy atom. The van der Waals surface area contributed by atoms with Crippen LogP contribution in [0.3, 0.4) is 0 Å². The summed E-state index contributed by atoms with van der Waals surface area (Å²) in [6.45, 7) is 4.50. The molecule has 1 N–H and O–H groups in total. The van der Waals surface area contributed by atoms with Crippen molar-refractivity contribution in [2.75, 3.05) is 18.9 Å². The molecule has 2 aromatic heterocycles. The highest BCUT2D eigenvalue weighted by atomic mass is 35.5. The van der Waals surface area contributed by atoms with Gasteiger partial charge in [0, 0.05) is 36.7 Å². The number of rotatable bonds is 7. The Bertz CT molecular complexity index is 1260. The van der Waals surface area contributed by atoms with E-state index in [0.717, 1.165) is 36.3 Å². The SMILES string of the molecule is CC(Cn1cnnn1)Oc1cc(-c2cnc(Nc3ccc4c(c3)CN(C)CC4)nc2)ccc1Cl. The first-order valence-corrected chi connectivity index (χ1v) is 11.5. The molecule has 1 atom stereocenters. The van der Waals surface area contributed by atoms with Crippen LogP contribution in [0.1, 0.15) is 18.1 Å². The lowest BCUT2D eigenvalue weighted by molar-refractivity contribution is 0.193. The van der Waals surface area contributed by atoms with E-state index in [-0.39, 0.29) is 6.10 Å². The first-order valence-electron chi connectivity index (χ1n) is 11.1. The van der Waals surface area contributed by atoms with E-state index in [1.165, 1.54) is 11.1 Å². The summed E-state index contributed by atoms with van der Waals surface area (Å²) in [4.78, 5) is 11.3. The van der Waals surface area contributed by atoms with Gasteiger partial charge in [-0.25, -0.2) is 14.6 Å². The van der Waals surface area contributed by atoms with Gasteiger partial charge in [0.05, 0.1) is 11.6 Å². The number of nitrogens with zero attached hydrogens (tertiary/aromatic N) is 7. The number of likely N-dealkylation sites (N-methyl/N-ethyl adjacent to an activating group) is 1. The standard InChI is InChI=1S/C24H25ClN8O/c1-16(13-33-15-28-30-31-33)34-23-10-18(4-6-22(23)25)20-11-26-24(27-12-20)29-21-5-3-17-7-8-32(2)14-19(17)9-21/h3-6,9-12,15-16H,7-8,13-14H2,1-2H3,(H,26,27,29). The van der Waals surface area contributed by atoms with Crippen LogP contribution in [0.15, 0.2) is 55.1 Å². The molecule has 0 saturated heterocycles. The summed E-state index contributed by atoms with van der Waals surface area (Å²) in [5.74, 6) is 1.13. The van der Waals surface area contributed by atoms with Gasteiger partial charge in [-0.05, 0) is 71.8 Å². The molecule has 10 heteroatoms. The fourth-order valence-electron chi connectivity index (χ4n) is 4.00. The van der Waals surface area contributed by atoms with E-state index < -0.39 is 0 Å². The van der Waals surface area contributed by atoms with Crippen LogP contribution in [-0.2, 0) is 19.5 Å². The summed E-state index contributed by atoms with van der Waals surface area (Å²) in [6, 6.07) is 12.1. The summed E-state index contributed by atoms with van der Waals surface area (Å²) >= 11 is 6.37. The number of hydrogen-bond acceptors (Lipinski definition) is 8. The molecule has 9 nitrogen and oxygen atoms in total. The number of tetrazole rings is 1. The van der Waals surface area contributed by atoms with Crippen molar-refractivity contribution < 1.29 is 4.74 Å². The number of hydrogen-bond donors (Lipinski definition) is 1. The van der Waals surface area contributed by atoms with E-state index in [0.29, 0.717) is 23.3 Å². The molecule has 174 valence electrons. The topological polar surface area (TPSA) is 93.9 Å². The number of fused-ring (bicyclic) bond motifs is 1. The number of anilines is 2. The van der Waals surface area contributed by atoms with Gasteiger partial charge >= 0.3 is 0 Å². The molecule has 0 saturated carbocycles. The van der Waals surface area contributed by atoms with Gasteiger partial charge in [-0.3, -0.25) is 0 Å². The number of halogens is 1. The van der Waals surface area contributed by atoms with Gasteiger partial charge < -0.3 is 15.0 Å². The minimum absolute atomic E-state index is 0.171. The van der Waals surface area contributed by atoms with Gasteiger partial charge in [0.2, 0.25) is 5.95 Å². The molecule has 0 spiro atoms. The predicted octanol–water partition coefficient (Wildman–Crippen LogP) is 3.98. The van der Waals surface area contributed by atoms with Crippen molar-refractivity contribution in [3.63, 3.8) is 0 Å². The summed E-state index contributed by atoms with van der Waals surface area (Å²) < 4.78 is 7.65. The fraction of sp³-hybridized carbons (Fsp3) is 0.292. The monoisotopic (exact) mass is 476 g/mol. The number of aromatic nitrogens is 6. The molecule has 0 bridgehead atoms. The fourth-order valence-corrected chi connectivity index (χ4v) is 4.16. The molecule has 3 heterocycles. The van der Waals surface area contributed by atoms with Gasteiger partial charge in [-0.1, -0.05) is 23.7 Å². The highest BCUT2D eigenvalue weighted by Gasteiger charge is 2.14. The number of ether oxygens (including phenoxy) is 1. The maximum atomic E-state index is 6.37. The van der Waals surface area contributed by atoms with Crippen LogP contribution in [0.25, 0.3) is 11.1 Å². The molecule has 1 aliphatic rings. The average molecular weight is 477 g/mol. The van der Waals surface area contributed by atoms with E-state index >= 15 is 0 Å². The third-order valence-corrected chi connectivity index (χ3v) is 6.06.